The van der Waals surface area contributed by atoms with Gasteiger partial charge in [-0.25, -0.2) is 4.79 Å². The number of aliphatic carboxylic acids is 1. The third-order valence-corrected chi connectivity index (χ3v) is 4.76. The second kappa shape index (κ2) is 13.6. The lowest BCUT2D eigenvalue weighted by molar-refractivity contribution is -0.143. The Morgan fingerprint density at radius 3 is 2.30 bits per heavy atom. The van der Waals surface area contributed by atoms with Crippen molar-refractivity contribution in [2.45, 2.75) is 31.0 Å². The number of amides is 3. The Labute approximate surface area is 179 Å². The molecule has 30 heavy (non-hydrogen) atoms. The fraction of sp³-hybridized carbons (Fsp3) is 0.474. The van der Waals surface area contributed by atoms with Crippen LogP contribution in [-0.2, 0) is 25.6 Å². The van der Waals surface area contributed by atoms with Gasteiger partial charge in [0.2, 0.25) is 17.7 Å². The second-order valence-electron chi connectivity index (χ2n) is 6.50. The lowest BCUT2D eigenvalue weighted by Gasteiger charge is -2.21. The highest BCUT2D eigenvalue weighted by Crippen LogP contribution is 2.03. The van der Waals surface area contributed by atoms with E-state index in [4.69, 9.17) is 15.9 Å². The highest BCUT2D eigenvalue weighted by Gasteiger charge is 2.26. The fourth-order valence-corrected chi connectivity index (χ4v) is 2.94. The summed E-state index contributed by atoms with van der Waals surface area (Å²) < 4.78 is 0. The molecule has 3 atom stereocenters. The minimum absolute atomic E-state index is 0.248. The molecule has 0 heterocycles. The highest BCUT2D eigenvalue weighted by atomic mass is 32.2. The smallest absolute Gasteiger partial charge is 0.328 e. The standard InChI is InChI=1S/C19H28N4O6S/c1-30-8-7-14(18(27)23-15(11-24)19(28)29)22-16(25)10-21-17(26)13(20)9-12-5-3-2-4-6-12/h2-6,13-15,24H,7-11,20H2,1H3,(H,21,26)(H,22,25)(H,23,27)(H,28,29). The highest BCUT2D eigenvalue weighted by molar-refractivity contribution is 7.98. The van der Waals surface area contributed by atoms with Crippen LogP contribution < -0.4 is 21.7 Å². The molecular weight excluding hydrogens is 412 g/mol. The number of aliphatic hydroxyl groups is 1. The Morgan fingerprint density at radius 1 is 1.07 bits per heavy atom. The van der Waals surface area contributed by atoms with Gasteiger partial charge < -0.3 is 31.9 Å². The minimum Gasteiger partial charge on any atom is -0.480 e. The Kier molecular flexibility index (Phi) is 11.5. The van der Waals surface area contributed by atoms with Crippen LogP contribution in [0.5, 0.6) is 0 Å². The van der Waals surface area contributed by atoms with Gasteiger partial charge >= 0.3 is 5.97 Å². The fourth-order valence-electron chi connectivity index (χ4n) is 2.47. The number of hydrogen-bond donors (Lipinski definition) is 6. The van der Waals surface area contributed by atoms with Gasteiger partial charge in [-0.15, -0.1) is 0 Å². The molecule has 0 bridgehead atoms. The van der Waals surface area contributed by atoms with Crippen LogP contribution in [0.3, 0.4) is 0 Å². The maximum Gasteiger partial charge on any atom is 0.328 e. The second-order valence-corrected chi connectivity index (χ2v) is 7.48. The molecule has 166 valence electrons. The summed E-state index contributed by atoms with van der Waals surface area (Å²) in [5.74, 6) is -2.71. The van der Waals surface area contributed by atoms with E-state index in [-0.39, 0.29) is 13.0 Å². The van der Waals surface area contributed by atoms with Crippen molar-refractivity contribution in [2.75, 3.05) is 25.2 Å². The number of hydrogen-bond acceptors (Lipinski definition) is 7. The van der Waals surface area contributed by atoms with E-state index in [0.717, 1.165) is 5.56 Å². The molecular formula is C19H28N4O6S. The zero-order valence-electron chi connectivity index (χ0n) is 16.7. The van der Waals surface area contributed by atoms with Gasteiger partial charge in [0, 0.05) is 0 Å². The number of thioether (sulfide) groups is 1. The predicted octanol–water partition coefficient (Wildman–Crippen LogP) is -1.53. The van der Waals surface area contributed by atoms with E-state index in [1.165, 1.54) is 11.8 Å². The number of carboxylic acid groups (broad SMARTS) is 1. The van der Waals surface area contributed by atoms with Gasteiger partial charge in [0.1, 0.15) is 12.1 Å². The number of carboxylic acids is 1. The van der Waals surface area contributed by atoms with Crippen molar-refractivity contribution in [1.82, 2.24) is 16.0 Å². The van der Waals surface area contributed by atoms with Crippen LogP contribution in [-0.4, -0.2) is 77.2 Å². The lowest BCUT2D eigenvalue weighted by Crippen LogP contribution is -2.54. The molecule has 0 aliphatic carbocycles. The van der Waals surface area contributed by atoms with Crippen molar-refractivity contribution in [3.63, 3.8) is 0 Å². The van der Waals surface area contributed by atoms with E-state index >= 15 is 0 Å². The Balaban J connectivity index is 2.56. The normalized spacial score (nSPS) is 13.6. The van der Waals surface area contributed by atoms with Crippen molar-refractivity contribution in [3.05, 3.63) is 35.9 Å². The molecule has 0 spiro atoms. The van der Waals surface area contributed by atoms with Crippen molar-refractivity contribution in [1.29, 1.82) is 0 Å². The molecule has 1 rings (SSSR count). The summed E-state index contributed by atoms with van der Waals surface area (Å²) in [7, 11) is 0. The molecule has 1 aromatic rings. The minimum atomic E-state index is -1.47. The van der Waals surface area contributed by atoms with Crippen LogP contribution in [0.15, 0.2) is 30.3 Å². The van der Waals surface area contributed by atoms with Gasteiger partial charge in [0.15, 0.2) is 0 Å². The largest absolute Gasteiger partial charge is 0.480 e. The summed E-state index contributed by atoms with van der Waals surface area (Å²) in [6.07, 6.45) is 2.38. The first-order valence-corrected chi connectivity index (χ1v) is 10.7. The van der Waals surface area contributed by atoms with Gasteiger partial charge in [-0.2, -0.15) is 11.8 Å². The topological polar surface area (TPSA) is 171 Å². The zero-order chi connectivity index (χ0) is 22.5. The summed E-state index contributed by atoms with van der Waals surface area (Å²) in [6.45, 7) is -1.16. The Bertz CT molecular complexity index is 718. The van der Waals surface area contributed by atoms with E-state index in [1.54, 1.807) is 0 Å². The molecule has 0 aliphatic heterocycles. The van der Waals surface area contributed by atoms with Crippen LogP contribution in [0, 0.1) is 0 Å². The third-order valence-electron chi connectivity index (χ3n) is 4.12. The van der Waals surface area contributed by atoms with Crippen molar-refractivity contribution >= 4 is 35.5 Å². The molecule has 11 heteroatoms. The average molecular weight is 441 g/mol. The first kappa shape index (κ1) is 25.4. The molecule has 3 unspecified atom stereocenters. The summed E-state index contributed by atoms with van der Waals surface area (Å²) in [4.78, 5) is 47.6. The van der Waals surface area contributed by atoms with Crippen LogP contribution >= 0.6 is 11.8 Å². The molecule has 10 nitrogen and oxygen atoms in total. The van der Waals surface area contributed by atoms with Gasteiger partial charge in [-0.1, -0.05) is 30.3 Å². The average Bonchev–Trinajstić information content (AvgIpc) is 2.73. The Hall–Kier alpha value is -2.63. The van der Waals surface area contributed by atoms with Gasteiger partial charge in [0.05, 0.1) is 19.2 Å². The summed E-state index contributed by atoms with van der Waals surface area (Å²) in [6, 6.07) is 5.88. The van der Waals surface area contributed by atoms with E-state index in [2.05, 4.69) is 16.0 Å². The first-order valence-electron chi connectivity index (χ1n) is 9.28. The lowest BCUT2D eigenvalue weighted by atomic mass is 10.1. The molecule has 0 aromatic heterocycles. The van der Waals surface area contributed by atoms with E-state index < -0.39 is 48.4 Å². The Morgan fingerprint density at radius 2 is 1.73 bits per heavy atom. The van der Waals surface area contributed by atoms with Gasteiger partial charge in [-0.05, 0) is 30.4 Å². The molecule has 7 N–H and O–H groups in total. The van der Waals surface area contributed by atoms with Gasteiger partial charge in [0.25, 0.3) is 0 Å². The van der Waals surface area contributed by atoms with Crippen LogP contribution in [0.2, 0.25) is 0 Å². The van der Waals surface area contributed by atoms with E-state index in [9.17, 15) is 19.2 Å². The van der Waals surface area contributed by atoms with Gasteiger partial charge in [-0.3, -0.25) is 14.4 Å². The molecule has 0 aliphatic rings. The molecule has 0 saturated heterocycles. The van der Waals surface area contributed by atoms with Crippen LogP contribution in [0.1, 0.15) is 12.0 Å². The van der Waals surface area contributed by atoms with Crippen LogP contribution in [0.4, 0.5) is 0 Å². The quantitative estimate of drug-likeness (QED) is 0.214. The number of nitrogens with one attached hydrogen (secondary N) is 3. The van der Waals surface area contributed by atoms with Crippen LogP contribution in [0.25, 0.3) is 0 Å². The number of nitrogens with two attached hydrogens (primary N) is 1. The first-order chi connectivity index (χ1) is 14.3. The van der Waals surface area contributed by atoms with E-state index in [0.29, 0.717) is 12.2 Å². The summed E-state index contributed by atoms with van der Waals surface area (Å²) in [5, 5.41) is 25.0. The zero-order valence-corrected chi connectivity index (χ0v) is 17.5. The number of carbonyl (C=O) groups is 4. The molecule has 0 radical (unpaired) electrons. The number of aliphatic hydroxyl groups excluding tert-OH is 1. The SMILES string of the molecule is CSCCC(NC(=O)CNC(=O)C(N)Cc1ccccc1)C(=O)NC(CO)C(=O)O. The third kappa shape index (κ3) is 9.25. The number of carbonyl (C=O) groups excluding carboxylic acids is 3. The van der Waals surface area contributed by atoms with Crippen molar-refractivity contribution in [3.8, 4) is 0 Å². The molecule has 3 amide bonds. The summed E-state index contributed by atoms with van der Waals surface area (Å²) >= 11 is 1.45. The predicted molar refractivity (Wildman–Crippen MR) is 113 cm³/mol. The molecule has 1 aromatic carbocycles. The summed E-state index contributed by atoms with van der Waals surface area (Å²) in [5.41, 5.74) is 6.74. The molecule has 0 fully saturated rings. The van der Waals surface area contributed by atoms with Crippen molar-refractivity contribution < 1.29 is 29.4 Å². The number of benzene rings is 1. The van der Waals surface area contributed by atoms with E-state index in [1.807, 2.05) is 36.6 Å². The number of rotatable bonds is 13. The maximum atomic E-state index is 12.3. The maximum absolute atomic E-state index is 12.3. The molecule has 0 saturated carbocycles. The monoisotopic (exact) mass is 440 g/mol. The van der Waals surface area contributed by atoms with Crippen molar-refractivity contribution in [2.24, 2.45) is 5.73 Å².